The lowest BCUT2D eigenvalue weighted by Crippen LogP contribution is -2.00. The van der Waals surface area contributed by atoms with Crippen LogP contribution in [0.2, 0.25) is 5.28 Å². The van der Waals surface area contributed by atoms with Gasteiger partial charge in [0.25, 0.3) is 0 Å². The molecule has 0 spiro atoms. The molecule has 0 fully saturated rings. The second-order valence-electron chi connectivity index (χ2n) is 3.60. The fourth-order valence-corrected chi connectivity index (χ4v) is 1.67. The molecule has 0 saturated carbocycles. The molecule has 5 heteroatoms. The molecule has 0 saturated heterocycles. The van der Waals surface area contributed by atoms with E-state index in [4.69, 9.17) is 11.6 Å². The molecule has 0 aliphatic carbocycles. The molecule has 0 aliphatic heterocycles. The quantitative estimate of drug-likeness (QED) is 0.822. The fraction of sp³-hybridized carbons (Fsp3) is 0.167. The number of halogens is 1. The molecular weight excluding hydrogens is 238 g/mol. The van der Waals surface area contributed by atoms with Gasteiger partial charge in [0.05, 0.1) is 6.10 Å². The number of hydrogen-bond acceptors (Lipinski definition) is 4. The Morgan fingerprint density at radius 1 is 1.29 bits per heavy atom. The molecule has 2 rings (SSSR count). The maximum atomic E-state index is 9.64. The molecule has 1 atom stereocenters. The minimum atomic E-state index is -0.545. The van der Waals surface area contributed by atoms with E-state index in [1.165, 1.54) is 0 Å². The Labute approximate surface area is 104 Å². The highest BCUT2D eigenvalue weighted by Crippen LogP contribution is 2.25. The summed E-state index contributed by atoms with van der Waals surface area (Å²) in [7, 11) is 0. The van der Waals surface area contributed by atoms with Crippen molar-refractivity contribution >= 4 is 23.1 Å². The summed E-state index contributed by atoms with van der Waals surface area (Å²) >= 11 is 5.70. The van der Waals surface area contributed by atoms with E-state index in [2.05, 4.69) is 15.3 Å². The number of benzene rings is 1. The highest BCUT2D eigenvalue weighted by molar-refractivity contribution is 6.28. The SMILES string of the molecule is CC(O)c1ccccc1Nc1ccnc(Cl)n1. The van der Waals surface area contributed by atoms with E-state index in [0.29, 0.717) is 5.82 Å². The summed E-state index contributed by atoms with van der Waals surface area (Å²) in [5.41, 5.74) is 1.61. The van der Waals surface area contributed by atoms with Gasteiger partial charge in [0, 0.05) is 17.4 Å². The number of nitrogens with zero attached hydrogens (tertiary/aromatic N) is 2. The molecule has 0 bridgehead atoms. The number of rotatable bonds is 3. The molecule has 2 N–H and O–H groups in total. The van der Waals surface area contributed by atoms with Gasteiger partial charge in [0.2, 0.25) is 5.28 Å². The zero-order chi connectivity index (χ0) is 12.3. The summed E-state index contributed by atoms with van der Waals surface area (Å²) < 4.78 is 0. The van der Waals surface area contributed by atoms with E-state index in [0.717, 1.165) is 11.3 Å². The van der Waals surface area contributed by atoms with Gasteiger partial charge in [-0.1, -0.05) is 18.2 Å². The highest BCUT2D eigenvalue weighted by atomic mass is 35.5. The van der Waals surface area contributed by atoms with E-state index in [-0.39, 0.29) is 5.28 Å². The van der Waals surface area contributed by atoms with Gasteiger partial charge in [-0.15, -0.1) is 0 Å². The van der Waals surface area contributed by atoms with Crippen molar-refractivity contribution in [2.24, 2.45) is 0 Å². The number of nitrogens with one attached hydrogen (secondary N) is 1. The summed E-state index contributed by atoms with van der Waals surface area (Å²) in [6, 6.07) is 9.20. The fourth-order valence-electron chi connectivity index (χ4n) is 1.52. The summed E-state index contributed by atoms with van der Waals surface area (Å²) in [4.78, 5) is 7.83. The van der Waals surface area contributed by atoms with Crippen LogP contribution in [0.3, 0.4) is 0 Å². The van der Waals surface area contributed by atoms with Gasteiger partial charge in [-0.2, -0.15) is 0 Å². The molecule has 88 valence electrons. The molecule has 17 heavy (non-hydrogen) atoms. The molecule has 1 heterocycles. The minimum absolute atomic E-state index is 0.185. The van der Waals surface area contributed by atoms with Crippen LogP contribution < -0.4 is 5.32 Å². The van der Waals surface area contributed by atoms with Gasteiger partial charge < -0.3 is 10.4 Å². The Balaban J connectivity index is 2.30. The average Bonchev–Trinajstić information content (AvgIpc) is 2.29. The summed E-state index contributed by atoms with van der Waals surface area (Å²) in [5, 5.41) is 12.9. The van der Waals surface area contributed by atoms with Crippen molar-refractivity contribution in [1.82, 2.24) is 9.97 Å². The van der Waals surface area contributed by atoms with Gasteiger partial charge >= 0.3 is 0 Å². The Kier molecular flexibility index (Phi) is 3.56. The predicted octanol–water partition coefficient (Wildman–Crippen LogP) is 2.93. The zero-order valence-electron chi connectivity index (χ0n) is 9.26. The summed E-state index contributed by atoms with van der Waals surface area (Å²) in [5.74, 6) is 0.595. The van der Waals surface area contributed by atoms with Crippen molar-refractivity contribution in [3.05, 3.63) is 47.4 Å². The highest BCUT2D eigenvalue weighted by Gasteiger charge is 2.07. The van der Waals surface area contributed by atoms with Crippen molar-refractivity contribution in [1.29, 1.82) is 0 Å². The molecule has 0 amide bonds. The summed E-state index contributed by atoms with van der Waals surface area (Å²) in [6.45, 7) is 1.72. The van der Waals surface area contributed by atoms with Crippen LogP contribution in [0.25, 0.3) is 0 Å². The Morgan fingerprint density at radius 3 is 2.76 bits per heavy atom. The second kappa shape index (κ2) is 5.12. The first-order valence-corrected chi connectivity index (χ1v) is 5.57. The lowest BCUT2D eigenvalue weighted by atomic mass is 10.1. The molecule has 1 unspecified atom stereocenters. The summed E-state index contributed by atoms with van der Waals surface area (Å²) in [6.07, 6.45) is 1.03. The van der Waals surface area contributed by atoms with Gasteiger partial charge in [-0.25, -0.2) is 9.97 Å². The predicted molar refractivity (Wildman–Crippen MR) is 67.4 cm³/mol. The van der Waals surface area contributed by atoms with Crippen LogP contribution in [0.1, 0.15) is 18.6 Å². The standard InChI is InChI=1S/C12H12ClN3O/c1-8(17)9-4-2-3-5-10(9)15-11-6-7-14-12(13)16-11/h2-8,17H,1H3,(H,14,15,16). The first kappa shape index (κ1) is 11.8. The number of hydrogen-bond donors (Lipinski definition) is 2. The molecule has 0 radical (unpaired) electrons. The molecule has 0 aliphatic rings. The smallest absolute Gasteiger partial charge is 0.224 e. The minimum Gasteiger partial charge on any atom is -0.389 e. The lowest BCUT2D eigenvalue weighted by molar-refractivity contribution is 0.200. The van der Waals surface area contributed by atoms with Crippen molar-refractivity contribution in [2.75, 3.05) is 5.32 Å². The zero-order valence-corrected chi connectivity index (χ0v) is 10.0. The monoisotopic (exact) mass is 249 g/mol. The molecule has 1 aromatic heterocycles. The van der Waals surface area contributed by atoms with E-state index < -0.39 is 6.10 Å². The van der Waals surface area contributed by atoms with Crippen LogP contribution >= 0.6 is 11.6 Å². The van der Waals surface area contributed by atoms with Crippen LogP contribution in [0.4, 0.5) is 11.5 Å². The Bertz CT molecular complexity index is 517. The Hall–Kier alpha value is -1.65. The van der Waals surface area contributed by atoms with Gasteiger partial charge in [-0.05, 0) is 30.7 Å². The molecular formula is C12H12ClN3O. The van der Waals surface area contributed by atoms with Crippen molar-refractivity contribution in [2.45, 2.75) is 13.0 Å². The van der Waals surface area contributed by atoms with Crippen LogP contribution in [0.15, 0.2) is 36.5 Å². The van der Waals surface area contributed by atoms with Crippen LogP contribution in [-0.4, -0.2) is 15.1 Å². The number of aliphatic hydroxyl groups is 1. The van der Waals surface area contributed by atoms with Crippen LogP contribution in [0, 0.1) is 0 Å². The third-order valence-electron chi connectivity index (χ3n) is 2.30. The lowest BCUT2D eigenvalue weighted by Gasteiger charge is -2.13. The number of aliphatic hydroxyl groups excluding tert-OH is 1. The Morgan fingerprint density at radius 2 is 2.06 bits per heavy atom. The third kappa shape index (κ3) is 2.93. The van der Waals surface area contributed by atoms with E-state index >= 15 is 0 Å². The third-order valence-corrected chi connectivity index (χ3v) is 2.48. The molecule has 1 aromatic carbocycles. The topological polar surface area (TPSA) is 58.0 Å². The molecule has 4 nitrogen and oxygen atoms in total. The normalized spacial score (nSPS) is 12.2. The van der Waals surface area contributed by atoms with Crippen LogP contribution in [0.5, 0.6) is 0 Å². The molecule has 2 aromatic rings. The number of para-hydroxylation sites is 1. The van der Waals surface area contributed by atoms with Crippen molar-refractivity contribution < 1.29 is 5.11 Å². The second-order valence-corrected chi connectivity index (χ2v) is 3.94. The van der Waals surface area contributed by atoms with Gasteiger partial charge in [0.1, 0.15) is 5.82 Å². The number of aromatic nitrogens is 2. The maximum Gasteiger partial charge on any atom is 0.224 e. The first-order valence-electron chi connectivity index (χ1n) is 5.19. The van der Waals surface area contributed by atoms with Gasteiger partial charge in [0.15, 0.2) is 0 Å². The van der Waals surface area contributed by atoms with Crippen molar-refractivity contribution in [3.63, 3.8) is 0 Å². The van der Waals surface area contributed by atoms with Crippen LogP contribution in [-0.2, 0) is 0 Å². The number of anilines is 2. The largest absolute Gasteiger partial charge is 0.389 e. The van der Waals surface area contributed by atoms with E-state index in [1.807, 2.05) is 24.3 Å². The van der Waals surface area contributed by atoms with Crippen molar-refractivity contribution in [3.8, 4) is 0 Å². The van der Waals surface area contributed by atoms with E-state index in [1.54, 1.807) is 19.2 Å². The van der Waals surface area contributed by atoms with Gasteiger partial charge in [-0.3, -0.25) is 0 Å². The average molecular weight is 250 g/mol. The first-order chi connectivity index (χ1) is 8.16. The van der Waals surface area contributed by atoms with E-state index in [9.17, 15) is 5.11 Å². The maximum absolute atomic E-state index is 9.64.